The Bertz CT molecular complexity index is 1590. The van der Waals surface area contributed by atoms with Crippen molar-refractivity contribution in [2.24, 2.45) is 0 Å². The molecule has 0 saturated heterocycles. The molecule has 46 heavy (non-hydrogen) atoms. The van der Waals surface area contributed by atoms with Crippen LogP contribution in [-0.4, -0.2) is 24.2 Å². The van der Waals surface area contributed by atoms with Crippen molar-refractivity contribution >= 4 is 5.69 Å². The van der Waals surface area contributed by atoms with Crippen molar-refractivity contribution in [2.45, 2.75) is 44.1 Å². The van der Waals surface area contributed by atoms with Crippen LogP contribution in [0.4, 0.5) is 49.6 Å². The molecule has 4 nitrogen and oxygen atoms in total. The second-order valence-electron chi connectivity index (χ2n) is 10.1. The van der Waals surface area contributed by atoms with Crippen LogP contribution in [0.5, 0.6) is 11.5 Å². The molecule has 4 aromatic carbocycles. The van der Waals surface area contributed by atoms with Gasteiger partial charge in [-0.2, -0.15) is 43.9 Å². The third-order valence-electron chi connectivity index (χ3n) is 6.64. The van der Waals surface area contributed by atoms with Crippen LogP contribution >= 0.6 is 0 Å². The summed E-state index contributed by atoms with van der Waals surface area (Å²) >= 11 is 0. The molecule has 0 aliphatic rings. The number of hydrogen-bond donors (Lipinski definition) is 1. The number of halogens is 10. The summed E-state index contributed by atoms with van der Waals surface area (Å²) in [6.45, 7) is -0.619. The van der Waals surface area contributed by atoms with Crippen molar-refractivity contribution in [2.75, 3.05) is 11.4 Å². The number of nitrogens with zero attached hydrogens (tertiary/aromatic N) is 1. The molecule has 0 aliphatic heterocycles. The second-order valence-corrected chi connectivity index (χ2v) is 10.1. The van der Waals surface area contributed by atoms with Crippen LogP contribution in [0.15, 0.2) is 97.1 Å². The summed E-state index contributed by atoms with van der Waals surface area (Å²) in [5, 5.41) is 11.0. The van der Waals surface area contributed by atoms with E-state index in [1.54, 1.807) is 6.07 Å². The number of benzene rings is 4. The van der Waals surface area contributed by atoms with Gasteiger partial charge in [0, 0.05) is 24.8 Å². The Morgan fingerprint density at radius 2 is 1.26 bits per heavy atom. The van der Waals surface area contributed by atoms with E-state index >= 15 is 0 Å². The van der Waals surface area contributed by atoms with Gasteiger partial charge in [0.05, 0.1) is 17.2 Å². The van der Waals surface area contributed by atoms with Gasteiger partial charge in [-0.05, 0) is 65.2 Å². The maximum atomic E-state index is 13.5. The van der Waals surface area contributed by atoms with E-state index in [0.717, 1.165) is 48.5 Å². The molecule has 0 amide bonds. The molecule has 0 heterocycles. The van der Waals surface area contributed by atoms with Crippen molar-refractivity contribution in [1.29, 1.82) is 0 Å². The first-order chi connectivity index (χ1) is 21.5. The Balaban J connectivity index is 1.59. The lowest BCUT2D eigenvalue weighted by atomic mass is 10.1. The van der Waals surface area contributed by atoms with Crippen LogP contribution in [0, 0.1) is 0 Å². The number of aliphatic hydroxyl groups excluding tert-OH is 1. The average molecular weight is 662 g/mol. The highest BCUT2D eigenvalue weighted by molar-refractivity contribution is 5.52. The van der Waals surface area contributed by atoms with Gasteiger partial charge in [0.2, 0.25) is 0 Å². The van der Waals surface area contributed by atoms with E-state index in [0.29, 0.717) is 5.69 Å². The van der Waals surface area contributed by atoms with E-state index in [2.05, 4.69) is 4.74 Å². The van der Waals surface area contributed by atoms with Crippen molar-refractivity contribution in [3.8, 4) is 11.5 Å². The third kappa shape index (κ3) is 9.28. The molecule has 4 aromatic rings. The molecule has 0 spiro atoms. The van der Waals surface area contributed by atoms with E-state index in [1.807, 2.05) is 0 Å². The van der Waals surface area contributed by atoms with Gasteiger partial charge in [-0.1, -0.05) is 42.5 Å². The van der Waals surface area contributed by atoms with Gasteiger partial charge in [-0.15, -0.1) is 0 Å². The maximum absolute atomic E-state index is 13.5. The Kier molecular flexibility index (Phi) is 10.4. The highest BCUT2D eigenvalue weighted by Gasteiger charge is 2.44. The molecule has 1 unspecified atom stereocenters. The van der Waals surface area contributed by atoms with Gasteiger partial charge in [0.25, 0.3) is 0 Å². The summed E-state index contributed by atoms with van der Waals surface area (Å²) in [5.74, 6) is -0.359. The van der Waals surface area contributed by atoms with E-state index in [9.17, 15) is 49.0 Å². The average Bonchev–Trinajstić information content (AvgIpc) is 2.99. The Morgan fingerprint density at radius 3 is 1.91 bits per heavy atom. The van der Waals surface area contributed by atoms with Crippen LogP contribution in [-0.2, 0) is 25.5 Å². The Hall–Kier alpha value is -4.46. The number of rotatable bonds is 12. The number of ether oxygens (including phenoxy) is 2. The number of aliphatic hydroxyl groups is 1. The molecule has 0 saturated carbocycles. The number of alkyl halides is 10. The first kappa shape index (κ1) is 34.4. The SMILES string of the molecule is OC(CN(Cc1cccc(OC(F)(F)C(F)F)c1)c1cccc(OCc2cccc(C(F)(F)F)c2)c1)c1ccc(C(F)(F)F)cc1. The molecule has 4 rings (SSSR count). The lowest BCUT2D eigenvalue weighted by Gasteiger charge is -2.28. The molecule has 1 atom stereocenters. The predicted octanol–water partition coefficient (Wildman–Crippen LogP) is 9.28. The monoisotopic (exact) mass is 661 g/mol. The molecule has 1 N–H and O–H groups in total. The van der Waals surface area contributed by atoms with E-state index in [1.165, 1.54) is 47.4 Å². The van der Waals surface area contributed by atoms with E-state index < -0.39 is 47.9 Å². The molecule has 246 valence electrons. The third-order valence-corrected chi connectivity index (χ3v) is 6.64. The van der Waals surface area contributed by atoms with Crippen LogP contribution in [0.2, 0.25) is 0 Å². The minimum atomic E-state index is -4.76. The molecule has 0 aliphatic carbocycles. The fourth-order valence-corrected chi connectivity index (χ4v) is 4.37. The first-order valence-corrected chi connectivity index (χ1v) is 13.4. The zero-order valence-electron chi connectivity index (χ0n) is 23.5. The van der Waals surface area contributed by atoms with Crippen molar-refractivity contribution in [3.05, 3.63) is 125 Å². The van der Waals surface area contributed by atoms with E-state index in [-0.39, 0.29) is 42.1 Å². The van der Waals surface area contributed by atoms with Crippen LogP contribution in [0.1, 0.15) is 33.9 Å². The molecular formula is C32H25F10NO3. The Labute approximate surface area is 256 Å². The highest BCUT2D eigenvalue weighted by atomic mass is 19.4. The summed E-state index contributed by atoms with van der Waals surface area (Å²) in [6, 6.07) is 19.3. The molecular weight excluding hydrogens is 636 g/mol. The van der Waals surface area contributed by atoms with Gasteiger partial charge in [-0.25, -0.2) is 0 Å². The topological polar surface area (TPSA) is 41.9 Å². The largest absolute Gasteiger partial charge is 0.489 e. The summed E-state index contributed by atoms with van der Waals surface area (Å²) in [4.78, 5) is 1.52. The maximum Gasteiger partial charge on any atom is 0.461 e. The van der Waals surface area contributed by atoms with E-state index in [4.69, 9.17) is 4.74 Å². The van der Waals surface area contributed by atoms with Gasteiger partial charge in [0.1, 0.15) is 18.1 Å². The summed E-state index contributed by atoms with van der Waals surface area (Å²) in [7, 11) is 0. The second kappa shape index (κ2) is 13.9. The first-order valence-electron chi connectivity index (χ1n) is 13.4. The fraction of sp³-hybridized carbons (Fsp3) is 0.250. The lowest BCUT2D eigenvalue weighted by molar-refractivity contribution is -0.253. The molecule has 14 heteroatoms. The minimum Gasteiger partial charge on any atom is -0.489 e. The zero-order valence-corrected chi connectivity index (χ0v) is 23.5. The van der Waals surface area contributed by atoms with Crippen LogP contribution < -0.4 is 14.4 Å². The number of hydrogen-bond acceptors (Lipinski definition) is 4. The van der Waals surface area contributed by atoms with Gasteiger partial charge < -0.3 is 19.5 Å². The predicted molar refractivity (Wildman–Crippen MR) is 148 cm³/mol. The lowest BCUT2D eigenvalue weighted by Crippen LogP contribution is -2.33. The smallest absolute Gasteiger partial charge is 0.461 e. The summed E-state index contributed by atoms with van der Waals surface area (Å²) in [5.41, 5.74) is -0.795. The number of anilines is 1. The summed E-state index contributed by atoms with van der Waals surface area (Å²) in [6.07, 6.45) is -19.4. The summed E-state index contributed by atoms with van der Waals surface area (Å²) < 4.78 is 141. The van der Waals surface area contributed by atoms with Gasteiger partial charge in [0.15, 0.2) is 0 Å². The molecule has 0 bridgehead atoms. The molecule has 0 radical (unpaired) electrons. The zero-order chi connectivity index (χ0) is 33.7. The molecule has 0 aromatic heterocycles. The van der Waals surface area contributed by atoms with Crippen molar-refractivity contribution in [1.82, 2.24) is 0 Å². The van der Waals surface area contributed by atoms with Crippen LogP contribution in [0.3, 0.4) is 0 Å². The van der Waals surface area contributed by atoms with Crippen molar-refractivity contribution in [3.63, 3.8) is 0 Å². The fourth-order valence-electron chi connectivity index (χ4n) is 4.37. The molecule has 0 fully saturated rings. The van der Waals surface area contributed by atoms with Gasteiger partial charge in [-0.3, -0.25) is 0 Å². The van der Waals surface area contributed by atoms with Crippen LogP contribution in [0.25, 0.3) is 0 Å². The standard InChI is InChI=1S/C32H25F10NO3/c33-29(34)32(41,42)46-27-9-2-4-20(15-27)17-43(18-28(44)22-10-12-23(13-11-22)30(35,36)37)25-7-3-8-26(16-25)45-19-21-5-1-6-24(14-21)31(38,39)40/h1-16,28-29,44H,17-19H2. The van der Waals surface area contributed by atoms with Gasteiger partial charge >= 0.3 is 24.9 Å². The Morgan fingerprint density at radius 1 is 0.652 bits per heavy atom. The minimum absolute atomic E-state index is 0.128. The normalized spacial score (nSPS) is 13.0. The quantitative estimate of drug-likeness (QED) is 0.154. The highest BCUT2D eigenvalue weighted by Crippen LogP contribution is 2.33. The van der Waals surface area contributed by atoms with Crippen molar-refractivity contribution < 1.29 is 58.5 Å².